The van der Waals surface area contributed by atoms with E-state index in [1.54, 1.807) is 0 Å². The van der Waals surface area contributed by atoms with Crippen molar-refractivity contribution in [3.05, 3.63) is 0 Å². The van der Waals surface area contributed by atoms with E-state index in [-0.39, 0.29) is 6.10 Å². The Labute approximate surface area is 185 Å². The number of rotatable bonds is 2. The molecule has 3 nitrogen and oxygen atoms in total. The molecule has 1 saturated heterocycles. The van der Waals surface area contributed by atoms with Crippen LogP contribution in [0.3, 0.4) is 0 Å². The zero-order chi connectivity index (χ0) is 21.3. The van der Waals surface area contributed by atoms with Gasteiger partial charge in [-0.05, 0) is 123 Å². The van der Waals surface area contributed by atoms with Gasteiger partial charge in [-0.3, -0.25) is 0 Å². The minimum absolute atomic E-state index is 0.0970. The second-order valence-electron chi connectivity index (χ2n) is 13.1. The molecule has 30 heavy (non-hydrogen) atoms. The molecule has 4 aliphatic carbocycles. The Hall–Kier alpha value is -0.120. The number of fused-ring (bicyclic) bond motifs is 5. The Morgan fingerprint density at radius 2 is 1.70 bits per heavy atom. The number of nitrogens with one attached hydrogen (secondary N) is 1. The largest absolute Gasteiger partial charge is 0.393 e. The van der Waals surface area contributed by atoms with E-state index in [4.69, 9.17) is 5.73 Å². The van der Waals surface area contributed by atoms with Crippen molar-refractivity contribution in [3.63, 3.8) is 0 Å². The van der Waals surface area contributed by atoms with Gasteiger partial charge in [0.05, 0.1) is 6.10 Å². The van der Waals surface area contributed by atoms with Gasteiger partial charge in [0.15, 0.2) is 0 Å². The second-order valence-corrected chi connectivity index (χ2v) is 13.1. The molecule has 0 radical (unpaired) electrons. The molecule has 0 aromatic heterocycles. The summed E-state index contributed by atoms with van der Waals surface area (Å²) in [5.41, 5.74) is 7.23. The van der Waals surface area contributed by atoms with Crippen LogP contribution in [0.1, 0.15) is 91.9 Å². The first-order valence-corrected chi connectivity index (χ1v) is 13.4. The highest BCUT2D eigenvalue weighted by Crippen LogP contribution is 2.68. The fourth-order valence-corrected chi connectivity index (χ4v) is 10.0. The predicted octanol–water partition coefficient (Wildman–Crippen LogP) is 4.97. The third kappa shape index (κ3) is 3.24. The number of aliphatic hydroxyl groups is 1. The third-order valence-corrected chi connectivity index (χ3v) is 11.7. The zero-order valence-corrected chi connectivity index (χ0v) is 20.1. The summed E-state index contributed by atoms with van der Waals surface area (Å²) in [7, 11) is 0. The van der Waals surface area contributed by atoms with Crippen molar-refractivity contribution in [3.8, 4) is 0 Å². The molecule has 0 spiro atoms. The molecular weight excluding hydrogens is 368 g/mol. The topological polar surface area (TPSA) is 58.3 Å². The summed E-state index contributed by atoms with van der Waals surface area (Å²) in [6, 6.07) is 1.04. The van der Waals surface area contributed by atoms with Gasteiger partial charge in [0, 0.05) is 12.1 Å². The fraction of sp³-hybridized carbons (Fsp3) is 1.00. The van der Waals surface area contributed by atoms with E-state index in [1.165, 1.54) is 57.8 Å². The monoisotopic (exact) mass is 416 g/mol. The molecule has 1 aliphatic heterocycles. The van der Waals surface area contributed by atoms with Crippen molar-refractivity contribution < 1.29 is 5.11 Å². The number of aliphatic hydroxyl groups excluding tert-OH is 1. The lowest BCUT2D eigenvalue weighted by atomic mass is 9.44. The predicted molar refractivity (Wildman–Crippen MR) is 124 cm³/mol. The zero-order valence-electron chi connectivity index (χ0n) is 20.1. The van der Waals surface area contributed by atoms with Gasteiger partial charge in [0.2, 0.25) is 0 Å². The van der Waals surface area contributed by atoms with Crippen LogP contribution < -0.4 is 11.1 Å². The van der Waals surface area contributed by atoms with E-state index in [1.807, 2.05) is 0 Å². The Bertz CT molecular complexity index is 630. The molecule has 0 bridgehead atoms. The molecule has 3 heteroatoms. The Kier molecular flexibility index (Phi) is 5.60. The van der Waals surface area contributed by atoms with Gasteiger partial charge < -0.3 is 16.2 Å². The van der Waals surface area contributed by atoms with E-state index in [9.17, 15) is 5.11 Å². The first-order valence-electron chi connectivity index (χ1n) is 13.4. The summed E-state index contributed by atoms with van der Waals surface area (Å²) in [5.74, 6) is 5.15. The summed E-state index contributed by atoms with van der Waals surface area (Å²) in [4.78, 5) is 0. The molecule has 12 atom stereocenters. The van der Waals surface area contributed by atoms with Crippen molar-refractivity contribution in [1.82, 2.24) is 5.32 Å². The molecule has 5 aliphatic rings. The molecule has 4 saturated carbocycles. The van der Waals surface area contributed by atoms with E-state index in [2.05, 4.69) is 33.0 Å². The van der Waals surface area contributed by atoms with Crippen LogP contribution in [0.4, 0.5) is 0 Å². The smallest absolute Gasteiger partial charge is 0.0579 e. The van der Waals surface area contributed by atoms with Gasteiger partial charge >= 0.3 is 0 Å². The summed E-state index contributed by atoms with van der Waals surface area (Å²) in [6.07, 6.45) is 12.9. The van der Waals surface area contributed by atoms with Crippen LogP contribution in [-0.2, 0) is 0 Å². The maximum Gasteiger partial charge on any atom is 0.0579 e. The van der Waals surface area contributed by atoms with Gasteiger partial charge in [0.25, 0.3) is 0 Å². The van der Waals surface area contributed by atoms with Crippen LogP contribution in [0.15, 0.2) is 0 Å². The number of hydrogen-bond donors (Lipinski definition) is 3. The molecule has 0 amide bonds. The SMILES string of the molecule is C[C@H]1CC[C@H]([C@@H](C)[C@H]2[C@@H](O)C[C@H]3[C@@H]4CC[C@H]5C[C@@H](N)CC[C@]5(C)[C@H]4CC[C@]23C)NC1. The molecule has 5 rings (SSSR count). The Morgan fingerprint density at radius 1 is 0.933 bits per heavy atom. The average Bonchev–Trinajstić information content (AvgIpc) is 2.98. The van der Waals surface area contributed by atoms with Crippen LogP contribution in [-0.4, -0.2) is 29.8 Å². The average molecular weight is 417 g/mol. The highest BCUT2D eigenvalue weighted by Gasteiger charge is 2.63. The van der Waals surface area contributed by atoms with Crippen LogP contribution in [0.2, 0.25) is 0 Å². The summed E-state index contributed by atoms with van der Waals surface area (Å²) < 4.78 is 0. The lowest BCUT2D eigenvalue weighted by molar-refractivity contribution is -0.118. The maximum absolute atomic E-state index is 11.4. The van der Waals surface area contributed by atoms with E-state index >= 15 is 0 Å². The first kappa shape index (κ1) is 21.7. The quantitative estimate of drug-likeness (QED) is 0.596. The van der Waals surface area contributed by atoms with Crippen molar-refractivity contribution in [2.24, 2.45) is 58.0 Å². The number of piperidine rings is 1. The summed E-state index contributed by atoms with van der Waals surface area (Å²) in [5, 5.41) is 15.3. The summed E-state index contributed by atoms with van der Waals surface area (Å²) in [6.45, 7) is 11.2. The lowest BCUT2D eigenvalue weighted by Crippen LogP contribution is -2.55. The van der Waals surface area contributed by atoms with Gasteiger partial charge in [0.1, 0.15) is 0 Å². The van der Waals surface area contributed by atoms with Crippen molar-refractivity contribution in [2.75, 3.05) is 6.54 Å². The van der Waals surface area contributed by atoms with Gasteiger partial charge in [-0.1, -0.05) is 27.7 Å². The highest BCUT2D eigenvalue weighted by molar-refractivity contribution is 5.12. The van der Waals surface area contributed by atoms with Crippen molar-refractivity contribution in [1.29, 1.82) is 0 Å². The van der Waals surface area contributed by atoms with Crippen LogP contribution >= 0.6 is 0 Å². The number of nitrogens with two attached hydrogens (primary N) is 1. The minimum atomic E-state index is -0.0970. The van der Waals surface area contributed by atoms with Gasteiger partial charge in [-0.2, -0.15) is 0 Å². The van der Waals surface area contributed by atoms with Crippen LogP contribution in [0.5, 0.6) is 0 Å². The second kappa shape index (κ2) is 7.73. The summed E-state index contributed by atoms with van der Waals surface area (Å²) >= 11 is 0. The number of hydrogen-bond acceptors (Lipinski definition) is 3. The minimum Gasteiger partial charge on any atom is -0.393 e. The standard InChI is InChI=1S/C27H48N2O/c1-16-5-8-23(29-15-16)17(2)25-24(30)14-22-20-7-6-18-13-19(28)9-11-26(18,3)21(20)10-12-27(22,25)4/h16-25,29-30H,5-15,28H2,1-4H3/t16-,17+,18-,19-,20+,21-,22-,23+,24-,25-,26-,27-/m0/s1. The third-order valence-electron chi connectivity index (χ3n) is 11.7. The van der Waals surface area contributed by atoms with Crippen LogP contribution in [0, 0.1) is 52.3 Å². The fourth-order valence-electron chi connectivity index (χ4n) is 10.0. The van der Waals surface area contributed by atoms with E-state index < -0.39 is 0 Å². The Balaban J connectivity index is 1.37. The Morgan fingerprint density at radius 3 is 2.43 bits per heavy atom. The molecule has 172 valence electrons. The van der Waals surface area contributed by atoms with Crippen molar-refractivity contribution >= 4 is 0 Å². The molecular formula is C27H48N2O. The van der Waals surface area contributed by atoms with Crippen molar-refractivity contribution in [2.45, 2.75) is 110 Å². The molecule has 0 unspecified atom stereocenters. The first-order chi connectivity index (χ1) is 14.2. The highest BCUT2D eigenvalue weighted by atomic mass is 16.3. The normalized spacial score (nSPS) is 57.2. The molecule has 0 aromatic carbocycles. The van der Waals surface area contributed by atoms with Gasteiger partial charge in [-0.15, -0.1) is 0 Å². The lowest BCUT2D eigenvalue weighted by Gasteiger charge is -2.61. The molecule has 4 N–H and O–H groups in total. The molecule has 1 heterocycles. The van der Waals surface area contributed by atoms with Crippen LogP contribution in [0.25, 0.3) is 0 Å². The van der Waals surface area contributed by atoms with E-state index in [0.717, 1.165) is 42.6 Å². The maximum atomic E-state index is 11.4. The molecule has 5 fully saturated rings. The van der Waals surface area contributed by atoms with Gasteiger partial charge in [-0.25, -0.2) is 0 Å². The molecule has 0 aromatic rings. The van der Waals surface area contributed by atoms with E-state index in [0.29, 0.717) is 34.7 Å².